The fraction of sp³-hybridized carbons (Fsp3) is 0.375. The minimum atomic E-state index is -0.358. The number of carbonyl (C=O) groups excluding carboxylic acids is 2. The quantitative estimate of drug-likeness (QED) is 0.605. The average Bonchev–Trinajstić information content (AvgIpc) is 2.89. The van der Waals surface area contributed by atoms with Gasteiger partial charge in [0.15, 0.2) is 6.29 Å². The molecule has 0 amide bonds. The molecule has 0 unspecified atom stereocenters. The van der Waals surface area contributed by atoms with E-state index >= 15 is 0 Å². The van der Waals surface area contributed by atoms with E-state index in [0.717, 1.165) is 11.4 Å². The topological polar surface area (TPSA) is 74.1 Å². The predicted molar refractivity (Wildman–Crippen MR) is 81.2 cm³/mol. The molecule has 6 heteroatoms. The van der Waals surface area contributed by atoms with Crippen molar-refractivity contribution in [1.82, 2.24) is 15.0 Å². The van der Waals surface area contributed by atoms with Gasteiger partial charge < -0.3 is 4.74 Å². The fourth-order valence-corrected chi connectivity index (χ4v) is 2.14. The van der Waals surface area contributed by atoms with Crippen LogP contribution in [0.2, 0.25) is 0 Å². The van der Waals surface area contributed by atoms with Gasteiger partial charge >= 0.3 is 5.97 Å². The Morgan fingerprint density at radius 3 is 2.55 bits per heavy atom. The Balaban J connectivity index is 2.34. The second kappa shape index (κ2) is 6.98. The Labute approximate surface area is 129 Å². The van der Waals surface area contributed by atoms with Crippen molar-refractivity contribution in [3.05, 3.63) is 41.2 Å². The monoisotopic (exact) mass is 301 g/mol. The van der Waals surface area contributed by atoms with E-state index in [9.17, 15) is 9.59 Å². The van der Waals surface area contributed by atoms with Crippen LogP contribution in [-0.4, -0.2) is 33.9 Å². The van der Waals surface area contributed by atoms with Crippen molar-refractivity contribution in [1.29, 1.82) is 0 Å². The van der Waals surface area contributed by atoms with Crippen molar-refractivity contribution in [3.8, 4) is 5.69 Å². The van der Waals surface area contributed by atoms with Crippen molar-refractivity contribution in [2.24, 2.45) is 5.92 Å². The Kier molecular flexibility index (Phi) is 5.04. The number of esters is 1. The van der Waals surface area contributed by atoms with E-state index in [4.69, 9.17) is 4.74 Å². The third-order valence-corrected chi connectivity index (χ3v) is 3.13. The first-order chi connectivity index (χ1) is 10.6. The number of benzene rings is 1. The molecule has 0 aliphatic heterocycles. The zero-order valence-electron chi connectivity index (χ0n) is 12.9. The predicted octanol–water partition coefficient (Wildman–Crippen LogP) is 2.46. The summed E-state index contributed by atoms with van der Waals surface area (Å²) < 4.78 is 6.59. The normalized spacial score (nSPS) is 10.7. The van der Waals surface area contributed by atoms with E-state index in [-0.39, 0.29) is 5.97 Å². The maximum absolute atomic E-state index is 11.7. The van der Waals surface area contributed by atoms with Gasteiger partial charge in [-0.1, -0.05) is 19.1 Å². The largest absolute Gasteiger partial charge is 0.462 e. The SMILES string of the molecule is CCOC(=O)c1ccc(-n2nnc(C=O)c2CC(C)C)cc1. The summed E-state index contributed by atoms with van der Waals surface area (Å²) in [4.78, 5) is 22.7. The van der Waals surface area contributed by atoms with Crippen LogP contribution >= 0.6 is 0 Å². The van der Waals surface area contributed by atoms with Gasteiger partial charge in [0.2, 0.25) is 0 Å². The lowest BCUT2D eigenvalue weighted by Gasteiger charge is -2.09. The van der Waals surface area contributed by atoms with Gasteiger partial charge in [0, 0.05) is 0 Å². The van der Waals surface area contributed by atoms with E-state index in [1.165, 1.54) is 0 Å². The van der Waals surface area contributed by atoms with Crippen LogP contribution in [0.3, 0.4) is 0 Å². The number of aromatic nitrogens is 3. The highest BCUT2D eigenvalue weighted by molar-refractivity contribution is 5.89. The lowest BCUT2D eigenvalue weighted by Crippen LogP contribution is -2.08. The number of hydrogen-bond acceptors (Lipinski definition) is 5. The molecule has 116 valence electrons. The third-order valence-electron chi connectivity index (χ3n) is 3.13. The summed E-state index contributed by atoms with van der Waals surface area (Å²) in [5, 5.41) is 7.94. The first kappa shape index (κ1) is 15.9. The second-order valence-electron chi connectivity index (χ2n) is 5.32. The van der Waals surface area contributed by atoms with Crippen LogP contribution < -0.4 is 0 Å². The van der Waals surface area contributed by atoms with Gasteiger partial charge in [-0.05, 0) is 43.5 Å². The van der Waals surface area contributed by atoms with Crippen LogP contribution in [0.4, 0.5) is 0 Å². The molecule has 0 fully saturated rings. The zero-order chi connectivity index (χ0) is 16.1. The zero-order valence-corrected chi connectivity index (χ0v) is 12.9. The summed E-state index contributed by atoms with van der Waals surface area (Å²) in [5.41, 5.74) is 2.35. The van der Waals surface area contributed by atoms with Crippen LogP contribution in [0.1, 0.15) is 47.3 Å². The molecule has 6 nitrogen and oxygen atoms in total. The average molecular weight is 301 g/mol. The van der Waals surface area contributed by atoms with Crippen molar-refractivity contribution in [2.75, 3.05) is 6.61 Å². The molecule has 0 N–H and O–H groups in total. The molecule has 1 heterocycles. The lowest BCUT2D eigenvalue weighted by molar-refractivity contribution is 0.0526. The summed E-state index contributed by atoms with van der Waals surface area (Å²) in [6.45, 7) is 6.23. The third kappa shape index (κ3) is 3.39. The van der Waals surface area contributed by atoms with Crippen molar-refractivity contribution >= 4 is 12.3 Å². The molecular formula is C16H19N3O3. The number of aldehydes is 1. The number of nitrogens with zero attached hydrogens (tertiary/aromatic N) is 3. The van der Waals surface area contributed by atoms with Crippen LogP contribution in [0.5, 0.6) is 0 Å². The molecule has 1 aromatic heterocycles. The molecular weight excluding hydrogens is 282 g/mol. The van der Waals surface area contributed by atoms with Crippen LogP contribution in [0.25, 0.3) is 5.69 Å². The van der Waals surface area contributed by atoms with E-state index in [2.05, 4.69) is 24.2 Å². The molecule has 0 aliphatic rings. The van der Waals surface area contributed by atoms with Gasteiger partial charge in [-0.2, -0.15) is 0 Å². The Morgan fingerprint density at radius 1 is 1.32 bits per heavy atom. The summed E-state index contributed by atoms with van der Waals surface area (Å²) >= 11 is 0. The van der Waals surface area contributed by atoms with Crippen molar-refractivity contribution in [3.63, 3.8) is 0 Å². The maximum Gasteiger partial charge on any atom is 0.338 e. The number of ether oxygens (including phenoxy) is 1. The molecule has 0 atom stereocenters. The molecule has 0 spiro atoms. The molecule has 0 bridgehead atoms. The van der Waals surface area contributed by atoms with E-state index < -0.39 is 0 Å². The van der Waals surface area contributed by atoms with Crippen molar-refractivity contribution in [2.45, 2.75) is 27.2 Å². The molecule has 2 aromatic rings. The van der Waals surface area contributed by atoms with Gasteiger partial charge in [0.05, 0.1) is 23.6 Å². The molecule has 22 heavy (non-hydrogen) atoms. The molecule has 0 radical (unpaired) electrons. The molecule has 2 rings (SSSR count). The standard InChI is InChI=1S/C16H19N3O3/c1-4-22-16(21)12-5-7-13(8-6-12)19-15(9-11(2)3)14(10-20)17-18-19/h5-8,10-11H,4,9H2,1-3H3. The van der Waals surface area contributed by atoms with Gasteiger partial charge in [0.1, 0.15) is 5.69 Å². The Hall–Kier alpha value is -2.50. The molecule has 1 aromatic carbocycles. The Morgan fingerprint density at radius 2 is 2.00 bits per heavy atom. The first-order valence-corrected chi connectivity index (χ1v) is 7.24. The van der Waals surface area contributed by atoms with E-state index in [1.54, 1.807) is 35.9 Å². The summed E-state index contributed by atoms with van der Waals surface area (Å²) in [7, 11) is 0. The second-order valence-corrected chi connectivity index (χ2v) is 5.32. The summed E-state index contributed by atoms with van der Waals surface area (Å²) in [6.07, 6.45) is 1.41. The van der Waals surface area contributed by atoms with Crippen LogP contribution in [0.15, 0.2) is 24.3 Å². The van der Waals surface area contributed by atoms with Gasteiger partial charge in [-0.25, -0.2) is 9.48 Å². The van der Waals surface area contributed by atoms with Crippen LogP contribution in [0, 0.1) is 5.92 Å². The minimum Gasteiger partial charge on any atom is -0.462 e. The highest BCUT2D eigenvalue weighted by Crippen LogP contribution is 2.17. The van der Waals surface area contributed by atoms with E-state index in [0.29, 0.717) is 36.5 Å². The van der Waals surface area contributed by atoms with Gasteiger partial charge in [-0.3, -0.25) is 4.79 Å². The minimum absolute atomic E-state index is 0.338. The summed E-state index contributed by atoms with van der Waals surface area (Å²) in [6, 6.07) is 6.88. The maximum atomic E-state index is 11.7. The van der Waals surface area contributed by atoms with E-state index in [1.807, 2.05) is 0 Å². The summed E-state index contributed by atoms with van der Waals surface area (Å²) in [5.74, 6) is 0.0124. The molecule has 0 saturated heterocycles. The number of carbonyl (C=O) groups is 2. The lowest BCUT2D eigenvalue weighted by atomic mass is 10.1. The Bertz CT molecular complexity index is 660. The smallest absolute Gasteiger partial charge is 0.338 e. The van der Waals surface area contributed by atoms with Gasteiger partial charge in [0.25, 0.3) is 0 Å². The van der Waals surface area contributed by atoms with Gasteiger partial charge in [-0.15, -0.1) is 5.10 Å². The van der Waals surface area contributed by atoms with Crippen LogP contribution in [-0.2, 0) is 11.2 Å². The highest BCUT2D eigenvalue weighted by atomic mass is 16.5. The molecule has 0 saturated carbocycles. The number of rotatable bonds is 6. The van der Waals surface area contributed by atoms with Crippen molar-refractivity contribution < 1.29 is 14.3 Å². The highest BCUT2D eigenvalue weighted by Gasteiger charge is 2.15. The molecule has 0 aliphatic carbocycles. The number of hydrogen-bond donors (Lipinski definition) is 0. The first-order valence-electron chi connectivity index (χ1n) is 7.24. The fourth-order valence-electron chi connectivity index (χ4n) is 2.14.